The van der Waals surface area contributed by atoms with Crippen molar-refractivity contribution < 1.29 is 23.8 Å². The van der Waals surface area contributed by atoms with Crippen LogP contribution in [0, 0.1) is 0 Å². The standard InChI is InChI=1S/C25H22ClNO5/c1-31-18-8-4-5-14(12-18)22-21(24(29)25(30)27(22)17-6-2-3-7-17)23(28)20-13-15-11-16(26)9-10-19(15)32-20/h4-5,8-13,17,22,29H,2-3,6-7H2,1H3. The van der Waals surface area contributed by atoms with Gasteiger partial charge in [0.25, 0.3) is 5.91 Å². The van der Waals surface area contributed by atoms with Crippen LogP contribution in [0.15, 0.2) is 64.3 Å². The fraction of sp³-hybridized carbons (Fsp3) is 0.280. The van der Waals surface area contributed by atoms with Crippen molar-refractivity contribution in [2.75, 3.05) is 7.11 Å². The molecule has 6 nitrogen and oxygen atoms in total. The van der Waals surface area contributed by atoms with E-state index in [9.17, 15) is 14.7 Å². The van der Waals surface area contributed by atoms with E-state index in [0.717, 1.165) is 25.7 Å². The van der Waals surface area contributed by atoms with Crippen LogP contribution in [0.4, 0.5) is 0 Å². The lowest BCUT2D eigenvalue weighted by Crippen LogP contribution is -2.38. The lowest BCUT2D eigenvalue weighted by atomic mass is 9.94. The summed E-state index contributed by atoms with van der Waals surface area (Å²) in [6.45, 7) is 0. The van der Waals surface area contributed by atoms with Crippen LogP contribution in [0.3, 0.4) is 0 Å². The molecule has 1 aromatic heterocycles. The smallest absolute Gasteiger partial charge is 0.290 e. The van der Waals surface area contributed by atoms with E-state index in [2.05, 4.69) is 0 Å². The van der Waals surface area contributed by atoms with Crippen LogP contribution in [0.25, 0.3) is 11.0 Å². The molecule has 1 amide bonds. The van der Waals surface area contributed by atoms with Crippen molar-refractivity contribution in [1.29, 1.82) is 0 Å². The van der Waals surface area contributed by atoms with Crippen LogP contribution in [0.1, 0.15) is 47.8 Å². The minimum atomic E-state index is -0.718. The Balaban J connectivity index is 1.62. The zero-order valence-electron chi connectivity index (χ0n) is 17.5. The Bertz CT molecular complexity index is 1250. The molecule has 7 heteroatoms. The third kappa shape index (κ3) is 3.35. The average molecular weight is 452 g/mol. The summed E-state index contributed by atoms with van der Waals surface area (Å²) >= 11 is 6.06. The predicted octanol–water partition coefficient (Wildman–Crippen LogP) is 5.62. The maximum absolute atomic E-state index is 13.6. The molecule has 2 aromatic carbocycles. The Labute approximate surface area is 190 Å². The second-order valence-electron chi connectivity index (χ2n) is 8.21. The van der Waals surface area contributed by atoms with Gasteiger partial charge in [-0.1, -0.05) is 36.6 Å². The molecule has 32 heavy (non-hydrogen) atoms. The molecule has 5 rings (SSSR count). The minimum absolute atomic E-state index is 0.0281. The molecule has 1 atom stereocenters. The highest BCUT2D eigenvalue weighted by atomic mass is 35.5. The highest BCUT2D eigenvalue weighted by Gasteiger charge is 2.47. The summed E-state index contributed by atoms with van der Waals surface area (Å²) in [7, 11) is 1.56. The first-order valence-electron chi connectivity index (χ1n) is 10.6. The van der Waals surface area contributed by atoms with Gasteiger partial charge in [-0.15, -0.1) is 0 Å². The molecular formula is C25H22ClNO5. The van der Waals surface area contributed by atoms with Crippen molar-refractivity contribution in [1.82, 2.24) is 4.90 Å². The number of carbonyl (C=O) groups is 2. The Hall–Kier alpha value is -3.25. The number of carbonyl (C=O) groups excluding carboxylic acids is 2. The average Bonchev–Trinajstić information content (AvgIpc) is 3.52. The fourth-order valence-electron chi connectivity index (χ4n) is 4.81. The first kappa shape index (κ1) is 20.6. The number of aliphatic hydroxyl groups excluding tert-OH is 1. The maximum atomic E-state index is 13.6. The van der Waals surface area contributed by atoms with E-state index in [1.807, 2.05) is 12.1 Å². The van der Waals surface area contributed by atoms with Crippen molar-refractivity contribution >= 4 is 34.3 Å². The van der Waals surface area contributed by atoms with Crippen LogP contribution < -0.4 is 4.74 Å². The molecule has 0 radical (unpaired) electrons. The van der Waals surface area contributed by atoms with Crippen molar-refractivity contribution in [3.05, 3.63) is 76.2 Å². The second kappa shape index (κ2) is 8.02. The summed E-state index contributed by atoms with van der Waals surface area (Å²) in [6, 6.07) is 13.2. The predicted molar refractivity (Wildman–Crippen MR) is 120 cm³/mol. The Morgan fingerprint density at radius 3 is 2.69 bits per heavy atom. The van der Waals surface area contributed by atoms with Crippen molar-refractivity contribution in [2.24, 2.45) is 0 Å². The van der Waals surface area contributed by atoms with E-state index in [4.69, 9.17) is 20.8 Å². The van der Waals surface area contributed by atoms with Crippen molar-refractivity contribution in [3.8, 4) is 5.75 Å². The van der Waals surface area contributed by atoms with Crippen LogP contribution >= 0.6 is 11.6 Å². The number of Topliss-reactive ketones (excluding diaryl/α,β-unsaturated/α-hetero) is 1. The molecule has 1 N–H and O–H groups in total. The summed E-state index contributed by atoms with van der Waals surface area (Å²) in [5.41, 5.74) is 1.24. The van der Waals surface area contributed by atoms with Gasteiger partial charge in [0.15, 0.2) is 11.5 Å². The molecule has 1 saturated carbocycles. The third-order valence-corrected chi connectivity index (χ3v) is 6.55. The molecule has 1 unspecified atom stereocenters. The maximum Gasteiger partial charge on any atom is 0.290 e. The quantitative estimate of drug-likeness (QED) is 0.509. The number of amides is 1. The number of hydrogen-bond acceptors (Lipinski definition) is 5. The molecule has 2 aliphatic rings. The number of methoxy groups -OCH3 is 1. The number of aliphatic hydroxyl groups is 1. The van der Waals surface area contributed by atoms with Gasteiger partial charge in [-0.05, 0) is 54.8 Å². The van der Waals surface area contributed by atoms with E-state index in [1.54, 1.807) is 48.4 Å². The molecule has 0 spiro atoms. The van der Waals surface area contributed by atoms with Crippen molar-refractivity contribution in [2.45, 2.75) is 37.8 Å². The van der Waals surface area contributed by atoms with E-state index < -0.39 is 23.5 Å². The van der Waals surface area contributed by atoms with E-state index >= 15 is 0 Å². The zero-order valence-corrected chi connectivity index (χ0v) is 18.3. The minimum Gasteiger partial charge on any atom is -0.503 e. The summed E-state index contributed by atoms with van der Waals surface area (Å²) in [5, 5.41) is 12.1. The van der Waals surface area contributed by atoms with Gasteiger partial charge in [-0.25, -0.2) is 0 Å². The molecular weight excluding hydrogens is 430 g/mol. The topological polar surface area (TPSA) is 80.0 Å². The van der Waals surface area contributed by atoms with Gasteiger partial charge in [0.2, 0.25) is 5.78 Å². The number of nitrogens with zero attached hydrogens (tertiary/aromatic N) is 1. The van der Waals surface area contributed by atoms with Crippen LogP contribution in [-0.2, 0) is 4.79 Å². The SMILES string of the molecule is COc1cccc(C2C(C(=O)c3cc4cc(Cl)ccc4o3)=C(O)C(=O)N2C2CCCC2)c1. The van der Waals surface area contributed by atoms with E-state index in [1.165, 1.54) is 0 Å². The molecule has 1 aliphatic carbocycles. The normalized spacial score (nSPS) is 19.4. The summed E-state index contributed by atoms with van der Waals surface area (Å²) in [6.07, 6.45) is 3.69. The van der Waals surface area contributed by atoms with Crippen LogP contribution in [0.5, 0.6) is 5.75 Å². The number of ketones is 1. The van der Waals surface area contributed by atoms with Gasteiger partial charge in [0.1, 0.15) is 11.3 Å². The number of hydrogen-bond donors (Lipinski definition) is 1. The molecule has 164 valence electrons. The molecule has 2 heterocycles. The van der Waals surface area contributed by atoms with E-state index in [-0.39, 0.29) is 17.4 Å². The monoisotopic (exact) mass is 451 g/mol. The lowest BCUT2D eigenvalue weighted by Gasteiger charge is -2.32. The Morgan fingerprint density at radius 2 is 1.94 bits per heavy atom. The van der Waals surface area contributed by atoms with Gasteiger partial charge in [-0.2, -0.15) is 0 Å². The summed E-state index contributed by atoms with van der Waals surface area (Å²) in [5.74, 6) is -0.896. The fourth-order valence-corrected chi connectivity index (χ4v) is 4.99. The highest BCUT2D eigenvalue weighted by molar-refractivity contribution is 6.31. The first-order valence-corrected chi connectivity index (χ1v) is 11.0. The van der Waals surface area contributed by atoms with Gasteiger partial charge < -0.3 is 19.2 Å². The van der Waals surface area contributed by atoms with Gasteiger partial charge in [0.05, 0.1) is 18.7 Å². The Kier molecular flexibility index (Phi) is 5.18. The molecule has 0 saturated heterocycles. The highest BCUT2D eigenvalue weighted by Crippen LogP contribution is 2.44. The number of fused-ring (bicyclic) bond motifs is 1. The number of furan rings is 1. The Morgan fingerprint density at radius 1 is 1.16 bits per heavy atom. The van der Waals surface area contributed by atoms with Gasteiger partial charge >= 0.3 is 0 Å². The summed E-state index contributed by atoms with van der Waals surface area (Å²) < 4.78 is 11.1. The number of benzene rings is 2. The van der Waals surface area contributed by atoms with Crippen molar-refractivity contribution in [3.63, 3.8) is 0 Å². The second-order valence-corrected chi connectivity index (χ2v) is 8.65. The first-order chi connectivity index (χ1) is 15.5. The van der Waals surface area contributed by atoms with Gasteiger partial charge in [0, 0.05) is 16.5 Å². The summed E-state index contributed by atoms with van der Waals surface area (Å²) in [4.78, 5) is 28.4. The third-order valence-electron chi connectivity index (χ3n) is 6.32. The molecule has 0 bridgehead atoms. The number of ether oxygens (including phenoxy) is 1. The van der Waals surface area contributed by atoms with Gasteiger partial charge in [-0.3, -0.25) is 9.59 Å². The molecule has 1 aliphatic heterocycles. The molecule has 1 fully saturated rings. The zero-order chi connectivity index (χ0) is 22.4. The molecule has 3 aromatic rings. The number of halogens is 1. The van der Waals surface area contributed by atoms with Crippen LogP contribution in [0.2, 0.25) is 5.02 Å². The van der Waals surface area contributed by atoms with E-state index in [0.29, 0.717) is 27.3 Å². The lowest BCUT2D eigenvalue weighted by molar-refractivity contribution is -0.131. The van der Waals surface area contributed by atoms with Crippen LogP contribution in [-0.4, -0.2) is 34.8 Å². The largest absolute Gasteiger partial charge is 0.503 e. The number of rotatable bonds is 5.